The largest absolute Gasteiger partial charge is 0.322 e. The molecule has 3 fully saturated rings. The lowest BCUT2D eigenvalue weighted by Gasteiger charge is -2.40. The molecule has 7 nitrogen and oxygen atoms in total. The van der Waals surface area contributed by atoms with Gasteiger partial charge in [0.25, 0.3) is 5.91 Å². The normalized spacial score (nSPS) is 31.3. The highest BCUT2D eigenvalue weighted by Gasteiger charge is 2.39. The second-order valence-corrected chi connectivity index (χ2v) is 9.30. The fraction of sp³-hybridized carbons (Fsp3) is 0.609. The molecule has 1 aromatic carbocycles. The van der Waals surface area contributed by atoms with Crippen LogP contribution < -0.4 is 16.0 Å². The summed E-state index contributed by atoms with van der Waals surface area (Å²) in [6.07, 6.45) is 5.77. The smallest absolute Gasteiger partial charge is 0.255 e. The fourth-order valence-electron chi connectivity index (χ4n) is 5.69. The maximum absolute atomic E-state index is 13.0. The second-order valence-electron chi connectivity index (χ2n) is 9.30. The van der Waals surface area contributed by atoms with E-state index in [1.807, 2.05) is 12.1 Å². The average Bonchev–Trinajstić information content (AvgIpc) is 3.08. The van der Waals surface area contributed by atoms with E-state index < -0.39 is 6.04 Å². The van der Waals surface area contributed by atoms with Crippen molar-refractivity contribution in [1.82, 2.24) is 20.9 Å². The predicted octanol–water partition coefficient (Wildman–Crippen LogP) is 1.32. The molecule has 160 valence electrons. The van der Waals surface area contributed by atoms with E-state index >= 15 is 0 Å². The van der Waals surface area contributed by atoms with Crippen molar-refractivity contribution in [1.29, 1.82) is 0 Å². The van der Waals surface area contributed by atoms with Crippen molar-refractivity contribution < 1.29 is 14.4 Å². The molecule has 4 atom stereocenters. The van der Waals surface area contributed by atoms with E-state index in [2.05, 4.69) is 22.0 Å². The number of carbonyl (C=O) groups excluding carboxylic acids is 3. The Kier molecular flexibility index (Phi) is 5.33. The average molecular weight is 411 g/mol. The SMILES string of the molecule is O=C1CCC(N2Cc3ccc(CNC4CCC5CCNCC5C4)cc3C2=O)C(=O)N1. The van der Waals surface area contributed by atoms with Crippen LogP contribution in [0.1, 0.15) is 60.0 Å². The van der Waals surface area contributed by atoms with Crippen molar-refractivity contribution in [2.24, 2.45) is 11.8 Å². The third kappa shape index (κ3) is 3.76. The first kappa shape index (κ1) is 19.7. The third-order valence-corrected chi connectivity index (χ3v) is 7.43. The third-order valence-electron chi connectivity index (χ3n) is 7.43. The highest BCUT2D eigenvalue weighted by atomic mass is 16.2. The molecule has 3 N–H and O–H groups in total. The highest BCUT2D eigenvalue weighted by Crippen LogP contribution is 2.34. The van der Waals surface area contributed by atoms with Gasteiger partial charge in [0.15, 0.2) is 0 Å². The van der Waals surface area contributed by atoms with Crippen molar-refractivity contribution in [3.05, 3.63) is 34.9 Å². The van der Waals surface area contributed by atoms with Crippen molar-refractivity contribution in [2.75, 3.05) is 13.1 Å². The van der Waals surface area contributed by atoms with Gasteiger partial charge in [-0.2, -0.15) is 0 Å². The first-order valence-electron chi connectivity index (χ1n) is 11.3. The van der Waals surface area contributed by atoms with Gasteiger partial charge in [0, 0.05) is 31.1 Å². The van der Waals surface area contributed by atoms with E-state index in [1.165, 1.54) is 25.7 Å². The number of amides is 3. The Morgan fingerprint density at radius 2 is 1.97 bits per heavy atom. The molecule has 4 aliphatic rings. The van der Waals surface area contributed by atoms with E-state index in [4.69, 9.17) is 0 Å². The lowest BCUT2D eigenvalue weighted by molar-refractivity contribution is -0.136. The van der Waals surface area contributed by atoms with Gasteiger partial charge in [-0.1, -0.05) is 12.1 Å². The highest BCUT2D eigenvalue weighted by molar-refractivity contribution is 6.05. The van der Waals surface area contributed by atoms with Crippen LogP contribution >= 0.6 is 0 Å². The van der Waals surface area contributed by atoms with E-state index in [-0.39, 0.29) is 24.1 Å². The molecular weight excluding hydrogens is 380 g/mol. The summed E-state index contributed by atoms with van der Waals surface area (Å²) in [7, 11) is 0. The van der Waals surface area contributed by atoms with Gasteiger partial charge in [0.1, 0.15) is 6.04 Å². The van der Waals surface area contributed by atoms with Crippen LogP contribution in [0.5, 0.6) is 0 Å². The zero-order valence-corrected chi connectivity index (χ0v) is 17.3. The maximum atomic E-state index is 13.0. The van der Waals surface area contributed by atoms with Gasteiger partial charge in [-0.05, 0) is 74.2 Å². The Labute approximate surface area is 177 Å². The zero-order chi connectivity index (χ0) is 20.7. The molecule has 0 aromatic heterocycles. The molecule has 4 unspecified atom stereocenters. The van der Waals surface area contributed by atoms with Crippen molar-refractivity contribution in [3.8, 4) is 0 Å². The molecule has 1 aromatic rings. The van der Waals surface area contributed by atoms with Gasteiger partial charge in [-0.15, -0.1) is 0 Å². The number of hydrogen-bond donors (Lipinski definition) is 3. The van der Waals surface area contributed by atoms with Crippen LogP contribution in [-0.4, -0.2) is 47.8 Å². The standard InChI is InChI=1S/C23H30N4O3/c28-21-6-5-20(22(29)26-21)27-13-16-2-1-14(9-19(16)23(27)30)11-25-18-4-3-15-7-8-24-12-17(15)10-18/h1-2,9,15,17-18,20,24-25H,3-8,10-13H2,(H,26,28,29). The molecule has 2 saturated heterocycles. The summed E-state index contributed by atoms with van der Waals surface area (Å²) in [5.74, 6) is 0.956. The number of nitrogens with one attached hydrogen (secondary N) is 3. The minimum absolute atomic E-state index is 0.102. The van der Waals surface area contributed by atoms with Gasteiger partial charge in [-0.3, -0.25) is 19.7 Å². The summed E-state index contributed by atoms with van der Waals surface area (Å²) < 4.78 is 0. The topological polar surface area (TPSA) is 90.5 Å². The predicted molar refractivity (Wildman–Crippen MR) is 111 cm³/mol. The van der Waals surface area contributed by atoms with E-state index in [0.717, 1.165) is 42.6 Å². The lowest BCUT2D eigenvalue weighted by Crippen LogP contribution is -2.52. The maximum Gasteiger partial charge on any atom is 0.255 e. The fourth-order valence-corrected chi connectivity index (χ4v) is 5.69. The monoisotopic (exact) mass is 410 g/mol. The summed E-state index contributed by atoms with van der Waals surface area (Å²) in [6.45, 7) is 3.51. The second kappa shape index (κ2) is 8.12. The quantitative estimate of drug-likeness (QED) is 0.652. The molecule has 3 aliphatic heterocycles. The van der Waals surface area contributed by atoms with Crippen molar-refractivity contribution in [2.45, 2.75) is 63.7 Å². The van der Waals surface area contributed by atoms with Crippen LogP contribution in [0.4, 0.5) is 0 Å². The van der Waals surface area contributed by atoms with Crippen LogP contribution in [0.15, 0.2) is 18.2 Å². The molecule has 0 spiro atoms. The first-order chi connectivity index (χ1) is 14.6. The minimum atomic E-state index is -0.552. The summed E-state index contributed by atoms with van der Waals surface area (Å²) in [5.41, 5.74) is 2.76. The Hall–Kier alpha value is -2.25. The van der Waals surface area contributed by atoms with Crippen molar-refractivity contribution in [3.63, 3.8) is 0 Å². The number of imide groups is 1. The number of rotatable bonds is 4. The van der Waals surface area contributed by atoms with Crippen LogP contribution in [0.25, 0.3) is 0 Å². The molecule has 1 aliphatic carbocycles. The zero-order valence-electron chi connectivity index (χ0n) is 17.3. The number of hydrogen-bond acceptors (Lipinski definition) is 5. The molecule has 1 saturated carbocycles. The minimum Gasteiger partial charge on any atom is -0.322 e. The van der Waals surface area contributed by atoms with E-state index in [1.54, 1.807) is 4.90 Å². The Morgan fingerprint density at radius 1 is 1.07 bits per heavy atom. The van der Waals surface area contributed by atoms with Gasteiger partial charge in [0.05, 0.1) is 0 Å². The van der Waals surface area contributed by atoms with E-state index in [0.29, 0.717) is 24.6 Å². The van der Waals surface area contributed by atoms with E-state index in [9.17, 15) is 14.4 Å². The van der Waals surface area contributed by atoms with Crippen molar-refractivity contribution >= 4 is 17.7 Å². The summed E-state index contributed by atoms with van der Waals surface area (Å²) in [5, 5.41) is 9.60. The number of benzene rings is 1. The molecular formula is C23H30N4O3. The number of nitrogens with zero attached hydrogens (tertiary/aromatic N) is 1. The number of piperidine rings is 2. The van der Waals surface area contributed by atoms with Gasteiger partial charge in [0.2, 0.25) is 11.8 Å². The molecule has 0 bridgehead atoms. The molecule has 3 heterocycles. The van der Waals surface area contributed by atoms with Crippen LogP contribution in [-0.2, 0) is 22.7 Å². The van der Waals surface area contributed by atoms with Crippen LogP contribution in [0.2, 0.25) is 0 Å². The summed E-state index contributed by atoms with van der Waals surface area (Å²) >= 11 is 0. The number of carbonyl (C=O) groups is 3. The summed E-state index contributed by atoms with van der Waals surface area (Å²) in [4.78, 5) is 38.2. The Bertz CT molecular complexity index is 870. The first-order valence-corrected chi connectivity index (χ1v) is 11.3. The lowest BCUT2D eigenvalue weighted by atomic mass is 9.73. The molecule has 7 heteroatoms. The Balaban J connectivity index is 1.21. The number of fused-ring (bicyclic) bond motifs is 2. The molecule has 3 amide bonds. The van der Waals surface area contributed by atoms with Gasteiger partial charge >= 0.3 is 0 Å². The van der Waals surface area contributed by atoms with Gasteiger partial charge in [-0.25, -0.2) is 0 Å². The molecule has 30 heavy (non-hydrogen) atoms. The van der Waals surface area contributed by atoms with Crippen LogP contribution in [0.3, 0.4) is 0 Å². The Morgan fingerprint density at radius 3 is 2.83 bits per heavy atom. The van der Waals surface area contributed by atoms with Gasteiger partial charge < -0.3 is 15.5 Å². The molecule has 5 rings (SSSR count). The van der Waals surface area contributed by atoms with Crippen LogP contribution in [0, 0.1) is 11.8 Å². The molecule has 0 radical (unpaired) electrons. The summed E-state index contributed by atoms with van der Waals surface area (Å²) in [6, 6.07) is 6.06.